The van der Waals surface area contributed by atoms with Crippen LogP contribution < -0.4 is 15.3 Å². The van der Waals surface area contributed by atoms with Gasteiger partial charge in [-0.05, 0) is 38.5 Å². The number of allylic oxidation sites excluding steroid dienone is 9. The average molecular weight is 481 g/mol. The molecule has 0 amide bonds. The summed E-state index contributed by atoms with van der Waals surface area (Å²) in [4.78, 5) is 31.6. The fourth-order valence-electron chi connectivity index (χ4n) is 3.63. The molecule has 0 saturated heterocycles. The zero-order chi connectivity index (χ0) is 25.3. The summed E-state index contributed by atoms with van der Waals surface area (Å²) in [6, 6.07) is 0. The Bertz CT molecular complexity index is 803. The van der Waals surface area contributed by atoms with Crippen molar-refractivity contribution in [2.45, 2.75) is 41.5 Å². The van der Waals surface area contributed by atoms with Crippen molar-refractivity contribution in [1.29, 1.82) is 0 Å². The van der Waals surface area contributed by atoms with Crippen molar-refractivity contribution in [3.63, 3.8) is 0 Å². The SMILES string of the molecule is CC1=CC=CC(C(=O)[O-])C1C.CC1=CC=CC(C(=O)[O-])C1C.CC1=CC=CC(C(=O)[O-])C1C.[Al+3]. The second-order valence-corrected chi connectivity index (χ2v) is 8.79. The predicted octanol–water partition coefficient (Wildman–Crippen LogP) is 1.13. The number of hydrogen-bond acceptors (Lipinski definition) is 6. The fraction of sp³-hybridized carbons (Fsp3) is 0.444. The maximum Gasteiger partial charge on any atom is 3.00 e. The quantitative estimate of drug-likeness (QED) is 0.559. The van der Waals surface area contributed by atoms with Crippen LogP contribution in [0.1, 0.15) is 41.5 Å². The van der Waals surface area contributed by atoms with Gasteiger partial charge in [0.25, 0.3) is 0 Å². The van der Waals surface area contributed by atoms with Gasteiger partial charge in [0.15, 0.2) is 0 Å². The minimum Gasteiger partial charge on any atom is -0.549 e. The van der Waals surface area contributed by atoms with E-state index in [1.54, 1.807) is 36.5 Å². The monoisotopic (exact) mass is 480 g/mol. The molecule has 0 aromatic carbocycles. The first-order valence-corrected chi connectivity index (χ1v) is 11.1. The number of carbonyl (C=O) groups excluding carboxylic acids is 3. The molecular formula is C27H33AlO6. The maximum absolute atomic E-state index is 10.5. The van der Waals surface area contributed by atoms with Crippen molar-refractivity contribution < 1.29 is 29.7 Å². The van der Waals surface area contributed by atoms with Crippen molar-refractivity contribution in [2.24, 2.45) is 35.5 Å². The second-order valence-electron chi connectivity index (χ2n) is 8.79. The summed E-state index contributed by atoms with van der Waals surface area (Å²) in [5.41, 5.74) is 3.30. The van der Waals surface area contributed by atoms with Crippen LogP contribution in [-0.2, 0) is 14.4 Å². The molecule has 6 atom stereocenters. The number of carbonyl (C=O) groups is 3. The van der Waals surface area contributed by atoms with Crippen LogP contribution in [0.5, 0.6) is 0 Å². The van der Waals surface area contributed by atoms with E-state index in [1.807, 2.05) is 59.8 Å². The van der Waals surface area contributed by atoms with E-state index in [9.17, 15) is 29.7 Å². The minimum absolute atomic E-state index is 0. The van der Waals surface area contributed by atoms with Crippen molar-refractivity contribution in [3.8, 4) is 0 Å². The van der Waals surface area contributed by atoms with Gasteiger partial charge >= 0.3 is 17.4 Å². The van der Waals surface area contributed by atoms with Crippen molar-refractivity contribution >= 4 is 35.3 Å². The Morgan fingerprint density at radius 3 is 0.912 bits per heavy atom. The summed E-state index contributed by atoms with van der Waals surface area (Å²) in [6.07, 6.45) is 16.1. The molecule has 0 heterocycles. The van der Waals surface area contributed by atoms with E-state index < -0.39 is 35.7 Å². The zero-order valence-corrected chi connectivity index (χ0v) is 21.8. The van der Waals surface area contributed by atoms with Gasteiger partial charge in [0.05, 0.1) is 0 Å². The summed E-state index contributed by atoms with van der Waals surface area (Å²) in [5, 5.41) is 31.6. The molecule has 0 fully saturated rings. The van der Waals surface area contributed by atoms with E-state index in [1.165, 1.54) is 0 Å². The van der Waals surface area contributed by atoms with Crippen LogP contribution in [0.2, 0.25) is 0 Å². The average Bonchev–Trinajstić information content (AvgIpc) is 2.74. The van der Waals surface area contributed by atoms with Gasteiger partial charge < -0.3 is 29.7 Å². The molecule has 7 heteroatoms. The molecule has 3 rings (SSSR count). The maximum atomic E-state index is 10.5. The molecule has 0 spiro atoms. The predicted molar refractivity (Wildman–Crippen MR) is 127 cm³/mol. The Kier molecular flexibility index (Phi) is 13.5. The molecule has 0 aromatic heterocycles. The number of carboxylic acids is 3. The molecule has 6 nitrogen and oxygen atoms in total. The number of hydrogen-bond donors (Lipinski definition) is 0. The standard InChI is InChI=1S/3C9H12O2.Al/c3*1-6-4-3-5-8(7(6)2)9(10)11;/h3*3-5,7-8H,1-2H3,(H,10,11);/q;;;+3/p-3. The van der Waals surface area contributed by atoms with E-state index in [2.05, 4.69) is 0 Å². The Morgan fingerprint density at radius 2 is 0.765 bits per heavy atom. The smallest absolute Gasteiger partial charge is 0.549 e. The van der Waals surface area contributed by atoms with Crippen LogP contribution in [0.4, 0.5) is 0 Å². The van der Waals surface area contributed by atoms with Gasteiger partial charge in [-0.25, -0.2) is 0 Å². The van der Waals surface area contributed by atoms with Gasteiger partial charge in [-0.3, -0.25) is 0 Å². The normalized spacial score (nSPS) is 28.9. The Hall–Kier alpha value is -2.62. The molecule has 180 valence electrons. The molecule has 0 N–H and O–H groups in total. The van der Waals surface area contributed by atoms with Gasteiger partial charge in [0.2, 0.25) is 0 Å². The molecule has 0 radical (unpaired) electrons. The summed E-state index contributed by atoms with van der Waals surface area (Å²) < 4.78 is 0. The van der Waals surface area contributed by atoms with E-state index >= 15 is 0 Å². The molecule has 3 aliphatic rings. The van der Waals surface area contributed by atoms with Gasteiger partial charge in [0.1, 0.15) is 0 Å². The van der Waals surface area contributed by atoms with E-state index in [4.69, 9.17) is 0 Å². The van der Waals surface area contributed by atoms with Crippen LogP contribution in [0.25, 0.3) is 0 Å². The number of aliphatic carboxylic acids is 3. The molecule has 34 heavy (non-hydrogen) atoms. The molecule has 0 aliphatic heterocycles. The van der Waals surface area contributed by atoms with Crippen molar-refractivity contribution in [3.05, 3.63) is 71.4 Å². The van der Waals surface area contributed by atoms with Gasteiger partial charge in [0, 0.05) is 35.7 Å². The van der Waals surface area contributed by atoms with Crippen LogP contribution in [0.15, 0.2) is 71.4 Å². The second kappa shape index (κ2) is 14.6. The summed E-state index contributed by atoms with van der Waals surface area (Å²) in [7, 11) is 0. The first-order valence-electron chi connectivity index (χ1n) is 11.1. The van der Waals surface area contributed by atoms with Crippen LogP contribution in [0, 0.1) is 35.5 Å². The Morgan fingerprint density at radius 1 is 0.559 bits per heavy atom. The third-order valence-corrected chi connectivity index (χ3v) is 6.62. The molecule has 3 aliphatic carbocycles. The van der Waals surface area contributed by atoms with Crippen LogP contribution in [0.3, 0.4) is 0 Å². The fourth-order valence-corrected chi connectivity index (χ4v) is 3.63. The van der Waals surface area contributed by atoms with Gasteiger partial charge in [-0.1, -0.05) is 92.2 Å². The summed E-state index contributed by atoms with van der Waals surface area (Å²) in [5.74, 6) is -4.07. The van der Waals surface area contributed by atoms with Gasteiger partial charge in [-0.2, -0.15) is 0 Å². The van der Waals surface area contributed by atoms with Crippen molar-refractivity contribution in [2.75, 3.05) is 0 Å². The van der Waals surface area contributed by atoms with Crippen molar-refractivity contribution in [1.82, 2.24) is 0 Å². The molecule has 0 aromatic rings. The number of carboxylic acid groups (broad SMARTS) is 3. The first-order chi connectivity index (χ1) is 15.4. The first kappa shape index (κ1) is 31.4. The van der Waals surface area contributed by atoms with Gasteiger partial charge in [-0.15, -0.1) is 0 Å². The van der Waals surface area contributed by atoms with E-state index in [0.717, 1.165) is 16.7 Å². The molecule has 0 saturated carbocycles. The molecular weight excluding hydrogens is 447 g/mol. The zero-order valence-electron chi connectivity index (χ0n) is 20.7. The minimum atomic E-state index is -0.985. The summed E-state index contributed by atoms with van der Waals surface area (Å²) in [6.45, 7) is 11.5. The molecule has 6 unspecified atom stereocenters. The summed E-state index contributed by atoms with van der Waals surface area (Å²) >= 11 is 0. The topological polar surface area (TPSA) is 120 Å². The molecule has 0 bridgehead atoms. The van der Waals surface area contributed by atoms with E-state index in [-0.39, 0.29) is 35.1 Å². The van der Waals surface area contributed by atoms with E-state index in [0.29, 0.717) is 0 Å². The third-order valence-electron chi connectivity index (χ3n) is 6.62. The number of rotatable bonds is 3. The Balaban J connectivity index is 0.000000473. The van der Waals surface area contributed by atoms with Crippen LogP contribution >= 0.6 is 0 Å². The third kappa shape index (κ3) is 8.97. The van der Waals surface area contributed by atoms with Crippen LogP contribution in [-0.4, -0.2) is 35.3 Å². The Labute approximate surface area is 213 Å². The largest absolute Gasteiger partial charge is 3.00 e.